The smallest absolute Gasteiger partial charge is 0.112 e. The van der Waals surface area contributed by atoms with E-state index in [0.717, 1.165) is 12.8 Å². The molecule has 0 rings (SSSR count). The molecule has 3 unspecified atom stereocenters. The summed E-state index contributed by atoms with van der Waals surface area (Å²) >= 11 is 0. The third-order valence-electron chi connectivity index (χ3n) is 1.57. The Morgan fingerprint density at radius 3 is 2.23 bits per heavy atom. The normalized spacial score (nSPS) is 18.2. The van der Waals surface area contributed by atoms with Crippen LogP contribution in [0.1, 0.15) is 26.7 Å². The molecule has 0 aliphatic carbocycles. The maximum Gasteiger partial charge on any atom is 0.112 e. The Bertz CT molecular complexity index is 148. The summed E-state index contributed by atoms with van der Waals surface area (Å²) in [6.45, 7) is 4.15. The molecule has 0 aromatic rings. The minimum absolute atomic E-state index is 0.225. The lowest BCUT2D eigenvalue weighted by Crippen LogP contribution is -2.08. The molecule has 0 aromatic carbocycles. The fraction of sp³-hybridized carbons (Fsp3) is 1.00. The van der Waals surface area contributed by atoms with Crippen molar-refractivity contribution in [2.75, 3.05) is 13.4 Å². The lowest BCUT2D eigenvalue weighted by atomic mass is 10.5. The molecule has 0 N–H and O–H groups in total. The lowest BCUT2D eigenvalue weighted by Gasteiger charge is -2.15. The summed E-state index contributed by atoms with van der Waals surface area (Å²) in [4.78, 5) is 0. The number of hydrogen-bond acceptors (Lipinski definition) is 4. The van der Waals surface area contributed by atoms with E-state index in [4.69, 9.17) is 4.74 Å². The summed E-state index contributed by atoms with van der Waals surface area (Å²) in [5.74, 6) is 0. The first-order valence-corrected chi connectivity index (χ1v) is 8.22. The van der Waals surface area contributed by atoms with Crippen molar-refractivity contribution in [2.45, 2.75) is 36.7 Å². The Balaban J connectivity index is 3.76. The van der Waals surface area contributed by atoms with E-state index in [9.17, 15) is 4.21 Å². The Morgan fingerprint density at radius 2 is 1.92 bits per heavy atom. The molecule has 0 aromatic heterocycles. The van der Waals surface area contributed by atoms with Gasteiger partial charge in [-0.05, 0) is 12.8 Å². The van der Waals surface area contributed by atoms with Crippen LogP contribution < -0.4 is 0 Å². The van der Waals surface area contributed by atoms with Crippen LogP contribution >= 0.6 is 21.6 Å². The molecule has 13 heavy (non-hydrogen) atoms. The Labute approximate surface area is 91.4 Å². The predicted octanol–water partition coefficient (Wildman–Crippen LogP) is 2.86. The van der Waals surface area contributed by atoms with Gasteiger partial charge in [-0.3, -0.25) is 4.21 Å². The molecule has 0 fully saturated rings. The van der Waals surface area contributed by atoms with Crippen LogP contribution in [0.25, 0.3) is 0 Å². The van der Waals surface area contributed by atoms with Gasteiger partial charge in [-0.25, -0.2) is 0 Å². The largest absolute Gasteiger partial charge is 0.370 e. The zero-order valence-corrected chi connectivity index (χ0v) is 11.1. The fourth-order valence-corrected chi connectivity index (χ4v) is 5.47. The van der Waals surface area contributed by atoms with Crippen LogP contribution in [0.5, 0.6) is 0 Å². The van der Waals surface area contributed by atoms with Crippen molar-refractivity contribution >= 4 is 32.4 Å². The molecule has 5 heteroatoms. The molecule has 0 saturated carbocycles. The highest BCUT2D eigenvalue weighted by Gasteiger charge is 2.14. The van der Waals surface area contributed by atoms with Gasteiger partial charge in [0, 0.05) is 24.2 Å². The molecule has 0 aliphatic rings. The summed E-state index contributed by atoms with van der Waals surface area (Å²) < 4.78 is 16.6. The minimum Gasteiger partial charge on any atom is -0.370 e. The first-order chi connectivity index (χ1) is 6.15. The number of rotatable bonds is 7. The second kappa shape index (κ2) is 8.15. The zero-order chi connectivity index (χ0) is 10.3. The molecule has 0 bridgehead atoms. The van der Waals surface area contributed by atoms with E-state index < -0.39 is 10.8 Å². The SMILES string of the molecule is CCC(OC)SSC(CC)S(C)=O. The summed E-state index contributed by atoms with van der Waals surface area (Å²) in [7, 11) is 4.34. The maximum absolute atomic E-state index is 11.2. The van der Waals surface area contributed by atoms with Gasteiger partial charge in [0.1, 0.15) is 5.44 Å². The van der Waals surface area contributed by atoms with E-state index >= 15 is 0 Å². The summed E-state index contributed by atoms with van der Waals surface area (Å²) in [6.07, 6.45) is 3.69. The van der Waals surface area contributed by atoms with E-state index in [1.54, 1.807) is 35.0 Å². The summed E-state index contributed by atoms with van der Waals surface area (Å²) in [5.41, 5.74) is 0.225. The standard InChI is InChI=1S/C8H18O2S3/c1-5-7(10-3)11-12-8(6-2)13(4)9/h7-8H,5-6H2,1-4H3. The van der Waals surface area contributed by atoms with Gasteiger partial charge in [0.15, 0.2) is 0 Å². The summed E-state index contributed by atoms with van der Waals surface area (Å²) in [6, 6.07) is 0. The molecule has 0 spiro atoms. The molecular weight excluding hydrogens is 224 g/mol. The van der Waals surface area contributed by atoms with Crippen molar-refractivity contribution < 1.29 is 8.95 Å². The molecule has 0 radical (unpaired) electrons. The van der Waals surface area contributed by atoms with Gasteiger partial charge in [0.2, 0.25) is 0 Å². The monoisotopic (exact) mass is 242 g/mol. The molecule has 80 valence electrons. The van der Waals surface area contributed by atoms with Gasteiger partial charge >= 0.3 is 0 Å². The van der Waals surface area contributed by atoms with Crippen molar-refractivity contribution in [1.82, 2.24) is 0 Å². The third-order valence-corrected chi connectivity index (χ3v) is 7.18. The molecule has 0 heterocycles. The quantitative estimate of drug-likeness (QED) is 0.506. The van der Waals surface area contributed by atoms with E-state index in [1.807, 2.05) is 0 Å². The van der Waals surface area contributed by atoms with Crippen LogP contribution in [-0.2, 0) is 15.5 Å². The van der Waals surface area contributed by atoms with Crippen LogP contribution in [0.4, 0.5) is 0 Å². The van der Waals surface area contributed by atoms with Crippen molar-refractivity contribution in [2.24, 2.45) is 0 Å². The van der Waals surface area contributed by atoms with Crippen LogP contribution in [-0.4, -0.2) is 27.6 Å². The summed E-state index contributed by atoms with van der Waals surface area (Å²) in [5, 5.41) is 0. The Kier molecular flexibility index (Phi) is 8.65. The van der Waals surface area contributed by atoms with Crippen molar-refractivity contribution in [3.63, 3.8) is 0 Å². The lowest BCUT2D eigenvalue weighted by molar-refractivity contribution is 0.171. The average molecular weight is 242 g/mol. The van der Waals surface area contributed by atoms with Crippen LogP contribution in [0.3, 0.4) is 0 Å². The highest BCUT2D eigenvalue weighted by Crippen LogP contribution is 2.35. The first-order valence-electron chi connectivity index (χ1n) is 4.32. The van der Waals surface area contributed by atoms with Crippen molar-refractivity contribution in [3.05, 3.63) is 0 Å². The molecular formula is C8H18O2S3. The Morgan fingerprint density at radius 1 is 1.31 bits per heavy atom. The molecule has 0 amide bonds. The van der Waals surface area contributed by atoms with E-state index in [0.29, 0.717) is 0 Å². The molecule has 2 nitrogen and oxygen atoms in total. The topological polar surface area (TPSA) is 26.3 Å². The highest BCUT2D eigenvalue weighted by atomic mass is 33.1. The Hall–Kier alpha value is 0.810. The van der Waals surface area contributed by atoms with Crippen molar-refractivity contribution in [3.8, 4) is 0 Å². The van der Waals surface area contributed by atoms with Gasteiger partial charge in [-0.15, -0.1) is 0 Å². The third kappa shape index (κ3) is 5.99. The minimum atomic E-state index is -0.737. The molecule has 0 saturated heterocycles. The molecule has 0 aliphatic heterocycles. The van der Waals surface area contributed by atoms with Crippen LogP contribution in [0.15, 0.2) is 0 Å². The van der Waals surface area contributed by atoms with Crippen LogP contribution in [0.2, 0.25) is 0 Å². The molecule has 3 atom stereocenters. The van der Waals surface area contributed by atoms with Gasteiger partial charge < -0.3 is 4.74 Å². The fourth-order valence-electron chi connectivity index (χ4n) is 0.756. The highest BCUT2D eigenvalue weighted by molar-refractivity contribution is 8.78. The van der Waals surface area contributed by atoms with Crippen molar-refractivity contribution in [1.29, 1.82) is 0 Å². The van der Waals surface area contributed by atoms with E-state index in [-0.39, 0.29) is 10.0 Å². The second-order valence-corrected chi connectivity index (χ2v) is 7.10. The van der Waals surface area contributed by atoms with Gasteiger partial charge in [-0.2, -0.15) is 0 Å². The maximum atomic E-state index is 11.2. The van der Waals surface area contributed by atoms with Gasteiger partial charge in [-0.1, -0.05) is 35.4 Å². The zero-order valence-electron chi connectivity index (χ0n) is 8.61. The second-order valence-electron chi connectivity index (χ2n) is 2.60. The number of ether oxygens (including phenoxy) is 1. The predicted molar refractivity (Wildman–Crippen MR) is 64.4 cm³/mol. The number of methoxy groups -OCH3 is 1. The van der Waals surface area contributed by atoms with Crippen LogP contribution in [0, 0.1) is 0 Å². The van der Waals surface area contributed by atoms with E-state index in [1.165, 1.54) is 0 Å². The van der Waals surface area contributed by atoms with Gasteiger partial charge in [0.25, 0.3) is 0 Å². The van der Waals surface area contributed by atoms with E-state index in [2.05, 4.69) is 13.8 Å². The first kappa shape index (κ1) is 13.8. The average Bonchev–Trinajstić information content (AvgIpc) is 2.12. The van der Waals surface area contributed by atoms with Gasteiger partial charge in [0.05, 0.1) is 4.58 Å². The number of hydrogen-bond donors (Lipinski definition) is 0.